The predicted molar refractivity (Wildman–Crippen MR) is 74.4 cm³/mol. The largest absolute Gasteiger partial charge is 0.452 e. The summed E-state index contributed by atoms with van der Waals surface area (Å²) >= 11 is 3.35. The van der Waals surface area contributed by atoms with E-state index in [1.54, 1.807) is 0 Å². The molecule has 1 atom stereocenters. The summed E-state index contributed by atoms with van der Waals surface area (Å²) in [4.78, 5) is 0. The van der Waals surface area contributed by atoms with Gasteiger partial charge < -0.3 is 9.73 Å². The van der Waals surface area contributed by atoms with E-state index in [4.69, 9.17) is 4.42 Å². The van der Waals surface area contributed by atoms with Crippen molar-refractivity contribution in [3.05, 3.63) is 40.5 Å². The number of aryl methyl sites for hydroxylation is 1. The fourth-order valence-electron chi connectivity index (χ4n) is 1.98. The van der Waals surface area contributed by atoms with Gasteiger partial charge in [0.25, 0.3) is 0 Å². The SMILES string of the molecule is CCCNC(c1ccc(Br)o1)c1ccnn1CC. The van der Waals surface area contributed by atoms with E-state index < -0.39 is 0 Å². The van der Waals surface area contributed by atoms with Crippen molar-refractivity contribution >= 4 is 15.9 Å². The second-order valence-electron chi connectivity index (χ2n) is 4.10. The Morgan fingerprint density at radius 1 is 1.39 bits per heavy atom. The molecule has 0 saturated heterocycles. The number of hydrogen-bond acceptors (Lipinski definition) is 3. The van der Waals surface area contributed by atoms with Crippen LogP contribution in [0.5, 0.6) is 0 Å². The summed E-state index contributed by atoms with van der Waals surface area (Å²) in [5, 5.41) is 7.82. The molecule has 2 aromatic heterocycles. The molecule has 0 fully saturated rings. The van der Waals surface area contributed by atoms with Crippen molar-refractivity contribution < 1.29 is 4.42 Å². The average molecular weight is 312 g/mol. The van der Waals surface area contributed by atoms with Crippen LogP contribution in [0.3, 0.4) is 0 Å². The third-order valence-electron chi connectivity index (χ3n) is 2.82. The lowest BCUT2D eigenvalue weighted by molar-refractivity contribution is 0.416. The van der Waals surface area contributed by atoms with Gasteiger partial charge in [-0.3, -0.25) is 4.68 Å². The molecule has 0 amide bonds. The van der Waals surface area contributed by atoms with E-state index in [-0.39, 0.29) is 6.04 Å². The van der Waals surface area contributed by atoms with Crippen LogP contribution in [0.4, 0.5) is 0 Å². The summed E-state index contributed by atoms with van der Waals surface area (Å²) in [7, 11) is 0. The first-order chi connectivity index (χ1) is 8.76. The molecule has 5 heteroatoms. The van der Waals surface area contributed by atoms with E-state index in [9.17, 15) is 0 Å². The highest BCUT2D eigenvalue weighted by atomic mass is 79.9. The highest BCUT2D eigenvalue weighted by molar-refractivity contribution is 9.10. The van der Waals surface area contributed by atoms with Gasteiger partial charge in [-0.15, -0.1) is 0 Å². The molecule has 18 heavy (non-hydrogen) atoms. The van der Waals surface area contributed by atoms with Gasteiger partial charge in [-0.05, 0) is 54.0 Å². The summed E-state index contributed by atoms with van der Waals surface area (Å²) in [5.41, 5.74) is 1.13. The number of aromatic nitrogens is 2. The minimum atomic E-state index is 0.0544. The summed E-state index contributed by atoms with van der Waals surface area (Å²) in [6.07, 6.45) is 2.91. The highest BCUT2D eigenvalue weighted by Crippen LogP contribution is 2.26. The second-order valence-corrected chi connectivity index (χ2v) is 4.88. The lowest BCUT2D eigenvalue weighted by Crippen LogP contribution is -2.25. The van der Waals surface area contributed by atoms with Gasteiger partial charge in [-0.2, -0.15) is 5.10 Å². The molecule has 0 aliphatic carbocycles. The lowest BCUT2D eigenvalue weighted by Gasteiger charge is -2.17. The van der Waals surface area contributed by atoms with Crippen LogP contribution in [0.1, 0.15) is 37.8 Å². The molecule has 0 aliphatic heterocycles. The molecule has 98 valence electrons. The maximum atomic E-state index is 5.68. The summed E-state index contributed by atoms with van der Waals surface area (Å²) in [6, 6.07) is 6.00. The molecule has 0 saturated carbocycles. The van der Waals surface area contributed by atoms with E-state index in [0.29, 0.717) is 0 Å². The monoisotopic (exact) mass is 311 g/mol. The second kappa shape index (κ2) is 6.20. The predicted octanol–water partition coefficient (Wildman–Crippen LogP) is 3.35. The average Bonchev–Trinajstić information content (AvgIpc) is 2.99. The Bertz CT molecular complexity index is 492. The molecule has 2 aromatic rings. The molecule has 4 nitrogen and oxygen atoms in total. The Morgan fingerprint density at radius 2 is 2.22 bits per heavy atom. The number of furan rings is 1. The molecule has 0 aliphatic rings. The van der Waals surface area contributed by atoms with Crippen molar-refractivity contribution in [2.24, 2.45) is 0 Å². The Hall–Kier alpha value is -1.07. The van der Waals surface area contributed by atoms with E-state index in [2.05, 4.69) is 40.2 Å². The normalized spacial score (nSPS) is 12.8. The van der Waals surface area contributed by atoms with Crippen molar-refractivity contribution in [3.63, 3.8) is 0 Å². The molecule has 0 spiro atoms. The molecule has 2 rings (SSSR count). The number of nitrogens with one attached hydrogen (secondary N) is 1. The van der Waals surface area contributed by atoms with Crippen LogP contribution in [0.2, 0.25) is 0 Å². The van der Waals surface area contributed by atoms with Crippen molar-refractivity contribution in [1.29, 1.82) is 0 Å². The van der Waals surface area contributed by atoms with E-state index in [1.165, 1.54) is 0 Å². The van der Waals surface area contributed by atoms with Crippen LogP contribution in [0, 0.1) is 0 Å². The minimum Gasteiger partial charge on any atom is -0.452 e. The van der Waals surface area contributed by atoms with Crippen molar-refractivity contribution in [1.82, 2.24) is 15.1 Å². The number of nitrogens with zero attached hydrogens (tertiary/aromatic N) is 2. The number of halogens is 1. The zero-order chi connectivity index (χ0) is 13.0. The number of rotatable bonds is 6. The maximum Gasteiger partial charge on any atom is 0.169 e. The first kappa shape index (κ1) is 13.4. The van der Waals surface area contributed by atoms with Crippen molar-refractivity contribution in [3.8, 4) is 0 Å². The van der Waals surface area contributed by atoms with Gasteiger partial charge in [0.1, 0.15) is 11.8 Å². The van der Waals surface area contributed by atoms with Gasteiger partial charge in [0, 0.05) is 12.7 Å². The van der Waals surface area contributed by atoms with Crippen LogP contribution in [-0.4, -0.2) is 16.3 Å². The summed E-state index contributed by atoms with van der Waals surface area (Å²) < 4.78 is 8.42. The quantitative estimate of drug-likeness (QED) is 0.889. The van der Waals surface area contributed by atoms with Crippen LogP contribution in [0.15, 0.2) is 33.5 Å². The Morgan fingerprint density at radius 3 is 2.83 bits per heavy atom. The third-order valence-corrected chi connectivity index (χ3v) is 3.25. The fourth-order valence-corrected chi connectivity index (χ4v) is 2.29. The van der Waals surface area contributed by atoms with Crippen LogP contribution >= 0.6 is 15.9 Å². The summed E-state index contributed by atoms with van der Waals surface area (Å²) in [6.45, 7) is 6.04. The van der Waals surface area contributed by atoms with E-state index >= 15 is 0 Å². The zero-order valence-electron chi connectivity index (χ0n) is 10.7. The first-order valence-electron chi connectivity index (χ1n) is 6.26. The third kappa shape index (κ3) is 2.84. The van der Waals surface area contributed by atoms with Crippen LogP contribution in [0.25, 0.3) is 0 Å². The van der Waals surface area contributed by atoms with Crippen LogP contribution in [-0.2, 0) is 6.54 Å². The Balaban J connectivity index is 2.30. The summed E-state index contributed by atoms with van der Waals surface area (Å²) in [5.74, 6) is 0.908. The first-order valence-corrected chi connectivity index (χ1v) is 7.05. The highest BCUT2D eigenvalue weighted by Gasteiger charge is 2.20. The topological polar surface area (TPSA) is 43.0 Å². The molecule has 0 bridgehead atoms. The van der Waals surface area contributed by atoms with Crippen LogP contribution < -0.4 is 5.32 Å². The lowest BCUT2D eigenvalue weighted by atomic mass is 10.1. The van der Waals surface area contributed by atoms with Crippen molar-refractivity contribution in [2.45, 2.75) is 32.9 Å². The molecule has 1 N–H and O–H groups in total. The molecule has 1 unspecified atom stereocenters. The van der Waals surface area contributed by atoms with Gasteiger partial charge in [-0.25, -0.2) is 0 Å². The zero-order valence-corrected chi connectivity index (χ0v) is 12.3. The molecular formula is C13H18BrN3O. The minimum absolute atomic E-state index is 0.0544. The number of hydrogen-bond donors (Lipinski definition) is 1. The van der Waals surface area contributed by atoms with Crippen molar-refractivity contribution in [2.75, 3.05) is 6.54 Å². The Kier molecular flexibility index (Phi) is 4.60. The van der Waals surface area contributed by atoms with Gasteiger partial charge in [0.15, 0.2) is 4.67 Å². The molecule has 0 aromatic carbocycles. The van der Waals surface area contributed by atoms with Gasteiger partial charge in [0.2, 0.25) is 0 Å². The maximum absolute atomic E-state index is 5.68. The van der Waals surface area contributed by atoms with Gasteiger partial charge in [-0.1, -0.05) is 6.92 Å². The molecule has 2 heterocycles. The Labute approximate surface area is 115 Å². The smallest absolute Gasteiger partial charge is 0.169 e. The fraction of sp³-hybridized carbons (Fsp3) is 0.462. The molecular weight excluding hydrogens is 294 g/mol. The molecule has 0 radical (unpaired) electrons. The van der Waals surface area contributed by atoms with Gasteiger partial charge in [0.05, 0.1) is 5.69 Å². The van der Waals surface area contributed by atoms with Gasteiger partial charge >= 0.3 is 0 Å². The standard InChI is InChI=1S/C13H18BrN3O/c1-3-8-15-13(11-5-6-12(14)18-11)10-7-9-16-17(10)4-2/h5-7,9,13,15H,3-4,8H2,1-2H3. The van der Waals surface area contributed by atoms with E-state index in [0.717, 1.165) is 35.6 Å². The van der Waals surface area contributed by atoms with E-state index in [1.807, 2.05) is 29.1 Å².